The number of aromatic nitrogens is 4. The van der Waals surface area contributed by atoms with E-state index in [9.17, 15) is 0 Å². The minimum Gasteiger partial charge on any atom is -0.399 e. The van der Waals surface area contributed by atoms with Gasteiger partial charge < -0.3 is 9.68 Å². The zero-order valence-electron chi connectivity index (χ0n) is 15.4. The number of oxime groups is 2. The van der Waals surface area contributed by atoms with E-state index in [1.165, 1.54) is 7.11 Å². The van der Waals surface area contributed by atoms with E-state index < -0.39 is 0 Å². The largest absolute Gasteiger partial charge is 0.399 e. The summed E-state index contributed by atoms with van der Waals surface area (Å²) in [6, 6.07) is 17.5. The molecular formula is C19H20N6O2. The summed E-state index contributed by atoms with van der Waals surface area (Å²) in [6.45, 7) is 2.15. The SMILES string of the molecule is CO/N=C(/CON=C(c1ccccc1)c1nnnn1C)c1cccc(C)c1. The van der Waals surface area contributed by atoms with Crippen LogP contribution in [0, 0.1) is 6.92 Å². The van der Waals surface area contributed by atoms with E-state index in [1.54, 1.807) is 11.7 Å². The van der Waals surface area contributed by atoms with Crippen LogP contribution in [0.5, 0.6) is 0 Å². The van der Waals surface area contributed by atoms with Crippen molar-refractivity contribution < 1.29 is 9.68 Å². The van der Waals surface area contributed by atoms with Gasteiger partial charge in [0.2, 0.25) is 5.82 Å². The fourth-order valence-corrected chi connectivity index (χ4v) is 2.50. The first-order valence-corrected chi connectivity index (χ1v) is 8.34. The summed E-state index contributed by atoms with van der Waals surface area (Å²) in [5.74, 6) is 0.502. The molecule has 0 radical (unpaired) electrons. The van der Waals surface area contributed by atoms with Gasteiger partial charge in [-0.15, -0.1) is 5.10 Å². The van der Waals surface area contributed by atoms with Crippen LogP contribution in [0.1, 0.15) is 22.5 Å². The molecular weight excluding hydrogens is 344 g/mol. The highest BCUT2D eigenvalue weighted by molar-refractivity contribution is 6.10. The third-order valence-corrected chi connectivity index (χ3v) is 3.79. The van der Waals surface area contributed by atoms with Gasteiger partial charge in [-0.05, 0) is 23.4 Å². The maximum absolute atomic E-state index is 5.61. The van der Waals surface area contributed by atoms with Crippen molar-refractivity contribution >= 4 is 11.4 Å². The third kappa shape index (κ3) is 4.55. The van der Waals surface area contributed by atoms with Crippen LogP contribution in [0.25, 0.3) is 0 Å². The van der Waals surface area contributed by atoms with Crippen LogP contribution in [-0.4, -0.2) is 45.3 Å². The quantitative estimate of drug-likeness (QED) is 0.474. The molecule has 0 saturated heterocycles. The molecule has 27 heavy (non-hydrogen) atoms. The first-order valence-electron chi connectivity index (χ1n) is 8.34. The molecule has 138 valence electrons. The van der Waals surface area contributed by atoms with E-state index in [0.717, 1.165) is 16.7 Å². The number of hydrogen-bond acceptors (Lipinski definition) is 7. The Bertz CT molecular complexity index is 950. The summed E-state index contributed by atoms with van der Waals surface area (Å²) < 4.78 is 1.54. The molecule has 0 spiro atoms. The molecule has 0 aliphatic carbocycles. The van der Waals surface area contributed by atoms with E-state index in [0.29, 0.717) is 17.2 Å². The van der Waals surface area contributed by atoms with E-state index in [1.807, 2.05) is 61.5 Å². The second-order valence-corrected chi connectivity index (χ2v) is 5.80. The molecule has 3 rings (SSSR count). The van der Waals surface area contributed by atoms with Crippen molar-refractivity contribution in [1.82, 2.24) is 20.2 Å². The molecule has 3 aromatic rings. The number of nitrogens with zero attached hydrogens (tertiary/aromatic N) is 6. The summed E-state index contributed by atoms with van der Waals surface area (Å²) in [5.41, 5.74) is 4.04. The maximum Gasteiger partial charge on any atom is 0.204 e. The van der Waals surface area contributed by atoms with Crippen LogP contribution in [0.4, 0.5) is 0 Å². The lowest BCUT2D eigenvalue weighted by Gasteiger charge is -2.08. The van der Waals surface area contributed by atoms with Crippen molar-refractivity contribution in [3.63, 3.8) is 0 Å². The van der Waals surface area contributed by atoms with Gasteiger partial charge in [0.05, 0.1) is 0 Å². The smallest absolute Gasteiger partial charge is 0.204 e. The number of tetrazole rings is 1. The Labute approximate surface area is 157 Å². The highest BCUT2D eigenvalue weighted by atomic mass is 16.6. The van der Waals surface area contributed by atoms with E-state index in [4.69, 9.17) is 9.68 Å². The Morgan fingerprint density at radius 1 is 1.04 bits per heavy atom. The van der Waals surface area contributed by atoms with Crippen molar-refractivity contribution in [2.45, 2.75) is 6.92 Å². The molecule has 0 atom stereocenters. The van der Waals surface area contributed by atoms with Crippen LogP contribution in [0.2, 0.25) is 0 Å². The van der Waals surface area contributed by atoms with Gasteiger partial charge in [-0.1, -0.05) is 64.4 Å². The van der Waals surface area contributed by atoms with Gasteiger partial charge in [-0.2, -0.15) is 0 Å². The van der Waals surface area contributed by atoms with Crippen LogP contribution < -0.4 is 0 Å². The molecule has 1 aromatic heterocycles. The van der Waals surface area contributed by atoms with Crippen molar-refractivity contribution in [1.29, 1.82) is 0 Å². The zero-order valence-corrected chi connectivity index (χ0v) is 15.4. The van der Waals surface area contributed by atoms with Gasteiger partial charge in [-0.25, -0.2) is 4.68 Å². The average Bonchev–Trinajstić information content (AvgIpc) is 3.10. The van der Waals surface area contributed by atoms with Crippen molar-refractivity contribution in [2.75, 3.05) is 13.7 Å². The highest BCUT2D eigenvalue weighted by Crippen LogP contribution is 2.10. The number of aryl methyl sites for hydroxylation is 2. The van der Waals surface area contributed by atoms with E-state index >= 15 is 0 Å². The summed E-state index contributed by atoms with van der Waals surface area (Å²) >= 11 is 0. The van der Waals surface area contributed by atoms with E-state index in [-0.39, 0.29) is 6.61 Å². The third-order valence-electron chi connectivity index (χ3n) is 3.79. The average molecular weight is 364 g/mol. The van der Waals surface area contributed by atoms with Gasteiger partial charge in [0.25, 0.3) is 0 Å². The predicted octanol–water partition coefficient (Wildman–Crippen LogP) is 2.34. The lowest BCUT2D eigenvalue weighted by Crippen LogP contribution is -2.14. The Kier molecular flexibility index (Phi) is 5.88. The topological polar surface area (TPSA) is 86.8 Å². The van der Waals surface area contributed by atoms with Crippen molar-refractivity contribution in [3.8, 4) is 0 Å². The molecule has 0 aliphatic rings. The number of hydrogen-bond donors (Lipinski definition) is 0. The summed E-state index contributed by atoms with van der Waals surface area (Å²) in [7, 11) is 3.25. The van der Waals surface area contributed by atoms with Crippen LogP contribution in [-0.2, 0) is 16.7 Å². The maximum atomic E-state index is 5.61. The van der Waals surface area contributed by atoms with E-state index in [2.05, 4.69) is 25.8 Å². The standard InChI is InChI=1S/C19H20N6O2/c1-14-8-7-11-16(12-14)17(21-26-3)13-27-22-18(15-9-5-4-6-10-15)19-20-23-24-25(19)2/h4-12H,13H2,1-3H3/b21-17-,22-18?. The molecule has 0 saturated carbocycles. The lowest BCUT2D eigenvalue weighted by molar-refractivity contribution is 0.173. The monoisotopic (exact) mass is 364 g/mol. The fourth-order valence-electron chi connectivity index (χ4n) is 2.50. The number of rotatable bonds is 7. The number of benzene rings is 2. The van der Waals surface area contributed by atoms with Gasteiger partial charge in [0.15, 0.2) is 12.3 Å². The van der Waals surface area contributed by atoms with Crippen LogP contribution in [0.15, 0.2) is 64.9 Å². The highest BCUT2D eigenvalue weighted by Gasteiger charge is 2.15. The summed E-state index contributed by atoms with van der Waals surface area (Å²) in [6.07, 6.45) is 0. The van der Waals surface area contributed by atoms with Gasteiger partial charge in [0, 0.05) is 18.2 Å². The minimum atomic E-state index is 0.138. The molecule has 0 bridgehead atoms. The molecule has 8 heteroatoms. The summed E-state index contributed by atoms with van der Waals surface area (Å²) in [4.78, 5) is 10.6. The van der Waals surface area contributed by atoms with Crippen LogP contribution >= 0.6 is 0 Å². The molecule has 0 N–H and O–H groups in total. The molecule has 2 aromatic carbocycles. The molecule has 0 unspecified atom stereocenters. The lowest BCUT2D eigenvalue weighted by atomic mass is 10.1. The first-order chi connectivity index (χ1) is 13.2. The predicted molar refractivity (Wildman–Crippen MR) is 102 cm³/mol. The second kappa shape index (κ2) is 8.70. The Hall–Kier alpha value is -3.55. The van der Waals surface area contributed by atoms with Crippen molar-refractivity contribution in [2.24, 2.45) is 17.4 Å². The van der Waals surface area contributed by atoms with Gasteiger partial charge in [0.1, 0.15) is 12.8 Å². The zero-order chi connectivity index (χ0) is 19.1. The van der Waals surface area contributed by atoms with Crippen LogP contribution in [0.3, 0.4) is 0 Å². The fraction of sp³-hybridized carbons (Fsp3) is 0.211. The van der Waals surface area contributed by atoms with Gasteiger partial charge in [-0.3, -0.25) is 0 Å². The second-order valence-electron chi connectivity index (χ2n) is 5.80. The molecule has 0 aliphatic heterocycles. The Morgan fingerprint density at radius 3 is 2.48 bits per heavy atom. The molecule has 8 nitrogen and oxygen atoms in total. The Balaban J connectivity index is 1.86. The molecule has 1 heterocycles. The first kappa shape index (κ1) is 18.2. The summed E-state index contributed by atoms with van der Waals surface area (Å²) in [5, 5.41) is 19.9. The van der Waals surface area contributed by atoms with Gasteiger partial charge >= 0.3 is 0 Å². The van der Waals surface area contributed by atoms with Crippen molar-refractivity contribution in [3.05, 3.63) is 77.1 Å². The minimum absolute atomic E-state index is 0.138. The Morgan fingerprint density at radius 2 is 1.81 bits per heavy atom. The normalized spacial score (nSPS) is 12.1. The molecule has 0 fully saturated rings. The molecule has 0 amide bonds.